The lowest BCUT2D eigenvalue weighted by Gasteiger charge is -2.24. The summed E-state index contributed by atoms with van der Waals surface area (Å²) >= 11 is 0. The molecule has 2 fully saturated rings. The van der Waals surface area contributed by atoms with E-state index in [1.165, 1.54) is 5.56 Å². The first kappa shape index (κ1) is 13.6. The zero-order valence-electron chi connectivity index (χ0n) is 12.5. The van der Waals surface area contributed by atoms with E-state index in [1.54, 1.807) is 0 Å². The predicted molar refractivity (Wildman–Crippen MR) is 80.0 cm³/mol. The van der Waals surface area contributed by atoms with E-state index in [1.807, 2.05) is 18.2 Å². The molecule has 4 unspecified atom stereocenters. The van der Waals surface area contributed by atoms with Crippen molar-refractivity contribution in [2.24, 2.45) is 11.8 Å². The standard InChI is InChI=1S/C17H24N2O/c1-11(2)9-14-17(20)19(15-10-12(15)3)16(18-14)13-7-5-4-6-8-13/h4-8,11-12,14-16,18H,9-10H2,1-3H3. The summed E-state index contributed by atoms with van der Waals surface area (Å²) in [5.74, 6) is 1.47. The summed E-state index contributed by atoms with van der Waals surface area (Å²) < 4.78 is 0. The highest BCUT2D eigenvalue weighted by Gasteiger charge is 2.50. The van der Waals surface area contributed by atoms with Gasteiger partial charge < -0.3 is 4.90 Å². The number of carbonyl (C=O) groups excluding carboxylic acids is 1. The number of nitrogens with one attached hydrogen (secondary N) is 1. The molecule has 108 valence electrons. The molecule has 3 heteroatoms. The molecule has 4 atom stereocenters. The SMILES string of the molecule is CC(C)CC1NC(c2ccccc2)N(C2CC2C)C1=O. The molecular weight excluding hydrogens is 248 g/mol. The summed E-state index contributed by atoms with van der Waals surface area (Å²) in [6.45, 7) is 6.58. The van der Waals surface area contributed by atoms with E-state index in [0.717, 1.165) is 12.8 Å². The third-order valence-corrected chi connectivity index (χ3v) is 4.44. The maximum absolute atomic E-state index is 12.7. The van der Waals surface area contributed by atoms with Crippen LogP contribution in [0.2, 0.25) is 0 Å². The van der Waals surface area contributed by atoms with Crippen LogP contribution in [0.1, 0.15) is 45.3 Å². The summed E-state index contributed by atoms with van der Waals surface area (Å²) in [6, 6.07) is 10.8. The van der Waals surface area contributed by atoms with E-state index in [2.05, 4.69) is 43.1 Å². The Balaban J connectivity index is 1.85. The zero-order chi connectivity index (χ0) is 14.3. The Hall–Kier alpha value is -1.35. The smallest absolute Gasteiger partial charge is 0.241 e. The lowest BCUT2D eigenvalue weighted by molar-refractivity contribution is -0.131. The van der Waals surface area contributed by atoms with Crippen LogP contribution in [0.4, 0.5) is 0 Å². The zero-order valence-corrected chi connectivity index (χ0v) is 12.5. The van der Waals surface area contributed by atoms with Gasteiger partial charge in [0.2, 0.25) is 5.91 Å². The summed E-state index contributed by atoms with van der Waals surface area (Å²) in [5, 5.41) is 3.56. The van der Waals surface area contributed by atoms with E-state index < -0.39 is 0 Å². The van der Waals surface area contributed by atoms with Crippen molar-refractivity contribution in [3.05, 3.63) is 35.9 Å². The van der Waals surface area contributed by atoms with Crippen LogP contribution in [0, 0.1) is 11.8 Å². The van der Waals surface area contributed by atoms with E-state index in [9.17, 15) is 4.79 Å². The van der Waals surface area contributed by atoms with Crippen LogP contribution >= 0.6 is 0 Å². The number of benzene rings is 1. The fraction of sp³-hybridized carbons (Fsp3) is 0.588. The lowest BCUT2D eigenvalue weighted by Crippen LogP contribution is -2.34. The van der Waals surface area contributed by atoms with Gasteiger partial charge in [-0.2, -0.15) is 0 Å². The Morgan fingerprint density at radius 3 is 2.50 bits per heavy atom. The quantitative estimate of drug-likeness (QED) is 0.914. The van der Waals surface area contributed by atoms with Gasteiger partial charge in [-0.25, -0.2) is 0 Å². The minimum absolute atomic E-state index is 0.0204. The van der Waals surface area contributed by atoms with Gasteiger partial charge in [-0.05, 0) is 30.2 Å². The Morgan fingerprint density at radius 2 is 1.95 bits per heavy atom. The van der Waals surface area contributed by atoms with Crippen molar-refractivity contribution >= 4 is 5.91 Å². The summed E-state index contributed by atoms with van der Waals surface area (Å²) in [6.07, 6.45) is 2.12. The van der Waals surface area contributed by atoms with Crippen molar-refractivity contribution in [1.82, 2.24) is 10.2 Å². The van der Waals surface area contributed by atoms with Crippen molar-refractivity contribution in [1.29, 1.82) is 0 Å². The second-order valence-electron chi connectivity index (χ2n) is 6.69. The highest BCUT2D eigenvalue weighted by molar-refractivity contribution is 5.85. The molecule has 1 aromatic carbocycles. The molecule has 1 N–H and O–H groups in total. The van der Waals surface area contributed by atoms with Crippen LogP contribution in [0.5, 0.6) is 0 Å². The Bertz CT molecular complexity index is 485. The van der Waals surface area contributed by atoms with E-state index in [-0.39, 0.29) is 12.2 Å². The van der Waals surface area contributed by atoms with E-state index in [0.29, 0.717) is 23.8 Å². The molecule has 1 aromatic rings. The molecule has 0 aromatic heterocycles. The van der Waals surface area contributed by atoms with E-state index in [4.69, 9.17) is 0 Å². The maximum Gasteiger partial charge on any atom is 0.241 e. The van der Waals surface area contributed by atoms with Crippen molar-refractivity contribution in [3.8, 4) is 0 Å². The average Bonchev–Trinajstić information content (AvgIpc) is 3.05. The number of hydrogen-bond acceptors (Lipinski definition) is 2. The Morgan fingerprint density at radius 1 is 1.30 bits per heavy atom. The highest BCUT2D eigenvalue weighted by atomic mass is 16.2. The summed E-state index contributed by atoms with van der Waals surface area (Å²) in [7, 11) is 0. The molecule has 20 heavy (non-hydrogen) atoms. The van der Waals surface area contributed by atoms with Crippen molar-refractivity contribution in [2.75, 3.05) is 0 Å². The fourth-order valence-corrected chi connectivity index (χ4v) is 3.23. The molecule has 2 aliphatic rings. The fourth-order valence-electron chi connectivity index (χ4n) is 3.23. The van der Waals surface area contributed by atoms with Crippen LogP contribution in [0.15, 0.2) is 30.3 Å². The van der Waals surface area contributed by atoms with Gasteiger partial charge in [0.05, 0.1) is 6.04 Å². The van der Waals surface area contributed by atoms with E-state index >= 15 is 0 Å². The molecule has 1 heterocycles. The number of carbonyl (C=O) groups is 1. The van der Waals surface area contributed by atoms with Crippen LogP contribution in [-0.4, -0.2) is 22.9 Å². The molecule has 1 saturated heterocycles. The Kier molecular flexibility index (Phi) is 3.55. The summed E-state index contributed by atoms with van der Waals surface area (Å²) in [4.78, 5) is 14.8. The third kappa shape index (κ3) is 2.47. The maximum atomic E-state index is 12.7. The molecule has 1 aliphatic heterocycles. The first-order valence-corrected chi connectivity index (χ1v) is 7.71. The minimum atomic E-state index is -0.0204. The number of nitrogens with zero attached hydrogens (tertiary/aromatic N) is 1. The van der Waals surface area contributed by atoms with Crippen molar-refractivity contribution < 1.29 is 4.79 Å². The first-order chi connectivity index (χ1) is 9.58. The van der Waals surface area contributed by atoms with Crippen molar-refractivity contribution in [2.45, 2.75) is 51.9 Å². The highest BCUT2D eigenvalue weighted by Crippen LogP contribution is 2.42. The Labute approximate surface area is 121 Å². The van der Waals surface area contributed by atoms with Gasteiger partial charge in [0.1, 0.15) is 6.17 Å². The van der Waals surface area contributed by atoms with Crippen LogP contribution in [0.25, 0.3) is 0 Å². The molecular formula is C17H24N2O. The van der Waals surface area contributed by atoms with Crippen LogP contribution in [-0.2, 0) is 4.79 Å². The number of amides is 1. The lowest BCUT2D eigenvalue weighted by atomic mass is 10.0. The largest absolute Gasteiger partial charge is 0.318 e. The second kappa shape index (κ2) is 5.21. The molecule has 3 rings (SSSR count). The molecule has 0 spiro atoms. The molecule has 3 nitrogen and oxygen atoms in total. The molecule has 0 bridgehead atoms. The number of hydrogen-bond donors (Lipinski definition) is 1. The van der Waals surface area contributed by atoms with Gasteiger partial charge in [0.25, 0.3) is 0 Å². The topological polar surface area (TPSA) is 32.3 Å². The minimum Gasteiger partial charge on any atom is -0.318 e. The second-order valence-corrected chi connectivity index (χ2v) is 6.69. The van der Waals surface area contributed by atoms with Gasteiger partial charge in [-0.3, -0.25) is 10.1 Å². The monoisotopic (exact) mass is 272 g/mol. The third-order valence-electron chi connectivity index (χ3n) is 4.44. The van der Waals surface area contributed by atoms with Gasteiger partial charge in [0, 0.05) is 6.04 Å². The van der Waals surface area contributed by atoms with Gasteiger partial charge >= 0.3 is 0 Å². The van der Waals surface area contributed by atoms with Crippen molar-refractivity contribution in [3.63, 3.8) is 0 Å². The predicted octanol–water partition coefficient (Wildman–Crippen LogP) is 2.94. The normalized spacial score (nSPS) is 33.0. The van der Waals surface area contributed by atoms with Crippen LogP contribution < -0.4 is 5.32 Å². The molecule has 0 radical (unpaired) electrons. The van der Waals surface area contributed by atoms with Gasteiger partial charge in [0.15, 0.2) is 0 Å². The first-order valence-electron chi connectivity index (χ1n) is 7.71. The van der Waals surface area contributed by atoms with Crippen LogP contribution in [0.3, 0.4) is 0 Å². The summed E-state index contributed by atoms with van der Waals surface area (Å²) in [5.41, 5.74) is 1.20. The van der Waals surface area contributed by atoms with Gasteiger partial charge in [-0.15, -0.1) is 0 Å². The molecule has 1 saturated carbocycles. The van der Waals surface area contributed by atoms with Gasteiger partial charge in [-0.1, -0.05) is 51.1 Å². The number of rotatable bonds is 4. The average molecular weight is 272 g/mol. The molecule has 1 aliphatic carbocycles. The molecule has 1 amide bonds.